The Morgan fingerprint density at radius 2 is 2.00 bits per heavy atom. The zero-order valence-electron chi connectivity index (χ0n) is 16.9. The van der Waals surface area contributed by atoms with Gasteiger partial charge >= 0.3 is 0 Å². The number of hydrogen-bond acceptors (Lipinski definition) is 2. The zero-order valence-corrected chi connectivity index (χ0v) is 17.7. The molecular weight excluding hydrogens is 399 g/mol. The molecule has 0 saturated heterocycles. The third-order valence-corrected chi connectivity index (χ3v) is 7.31. The van der Waals surface area contributed by atoms with Gasteiger partial charge in [-0.3, -0.25) is 0 Å². The molecule has 5 rings (SSSR count). The Kier molecular flexibility index (Phi) is 4.60. The fourth-order valence-corrected chi connectivity index (χ4v) is 5.37. The first-order valence-electron chi connectivity index (χ1n) is 10.4. The number of nitrogens with zero attached hydrogens (tertiary/aromatic N) is 2. The van der Waals surface area contributed by atoms with Gasteiger partial charge in [-0.2, -0.15) is 5.10 Å². The molecule has 3 aromatic rings. The van der Waals surface area contributed by atoms with E-state index in [1.165, 1.54) is 17.7 Å². The van der Waals surface area contributed by atoms with E-state index in [9.17, 15) is 9.50 Å². The minimum Gasteiger partial charge on any atom is -0.389 e. The summed E-state index contributed by atoms with van der Waals surface area (Å²) in [5.41, 5.74) is 4.34. The van der Waals surface area contributed by atoms with Gasteiger partial charge in [-0.15, -0.1) is 0 Å². The van der Waals surface area contributed by atoms with Crippen molar-refractivity contribution in [3.8, 4) is 5.69 Å². The van der Waals surface area contributed by atoms with Crippen LogP contribution in [0.15, 0.2) is 60.3 Å². The molecule has 2 atom stereocenters. The highest BCUT2D eigenvalue weighted by Gasteiger charge is 2.54. The van der Waals surface area contributed by atoms with Gasteiger partial charge in [-0.25, -0.2) is 9.07 Å². The first kappa shape index (κ1) is 19.5. The Morgan fingerprint density at radius 3 is 2.77 bits per heavy atom. The summed E-state index contributed by atoms with van der Waals surface area (Å²) in [6.45, 7) is 2.18. The molecular formula is C25H24ClFN2O. The number of halogens is 2. The van der Waals surface area contributed by atoms with Gasteiger partial charge in [-0.1, -0.05) is 36.2 Å². The molecule has 5 heteroatoms. The van der Waals surface area contributed by atoms with Crippen LogP contribution in [0.1, 0.15) is 43.0 Å². The highest BCUT2D eigenvalue weighted by atomic mass is 35.5. The molecule has 2 aromatic carbocycles. The van der Waals surface area contributed by atoms with E-state index in [4.69, 9.17) is 11.6 Å². The fraction of sp³-hybridized carbons (Fsp3) is 0.320. The van der Waals surface area contributed by atoms with Crippen LogP contribution in [0.2, 0.25) is 5.02 Å². The largest absolute Gasteiger partial charge is 0.389 e. The number of aromatic nitrogens is 2. The molecule has 0 radical (unpaired) electrons. The number of benzene rings is 2. The van der Waals surface area contributed by atoms with Crippen molar-refractivity contribution in [3.05, 3.63) is 88.0 Å². The first-order chi connectivity index (χ1) is 14.4. The van der Waals surface area contributed by atoms with Crippen LogP contribution in [-0.2, 0) is 12.8 Å². The van der Waals surface area contributed by atoms with Crippen molar-refractivity contribution >= 4 is 17.7 Å². The fourth-order valence-electron chi connectivity index (χ4n) is 5.16. The van der Waals surface area contributed by atoms with Crippen molar-refractivity contribution in [3.63, 3.8) is 0 Å². The van der Waals surface area contributed by atoms with Crippen molar-refractivity contribution in [1.29, 1.82) is 0 Å². The van der Waals surface area contributed by atoms with Gasteiger partial charge in [0.05, 0.1) is 23.2 Å². The second kappa shape index (κ2) is 7.07. The smallest absolute Gasteiger partial charge is 0.123 e. The van der Waals surface area contributed by atoms with Crippen LogP contribution in [0, 0.1) is 11.2 Å². The molecule has 1 heterocycles. The Balaban J connectivity index is 1.44. The quantitative estimate of drug-likeness (QED) is 0.579. The van der Waals surface area contributed by atoms with E-state index in [0.29, 0.717) is 6.42 Å². The van der Waals surface area contributed by atoms with Crippen molar-refractivity contribution in [1.82, 2.24) is 9.78 Å². The van der Waals surface area contributed by atoms with Crippen LogP contribution in [0.3, 0.4) is 0 Å². The molecule has 1 N–H and O–H groups in total. The molecule has 0 spiro atoms. The molecule has 1 saturated carbocycles. The number of aryl methyl sites for hydroxylation is 1. The topological polar surface area (TPSA) is 38.0 Å². The molecule has 2 aliphatic carbocycles. The van der Waals surface area contributed by atoms with Crippen LogP contribution in [0.5, 0.6) is 0 Å². The number of rotatable bonds is 4. The van der Waals surface area contributed by atoms with Gasteiger partial charge < -0.3 is 5.11 Å². The van der Waals surface area contributed by atoms with Crippen molar-refractivity contribution < 1.29 is 9.50 Å². The molecule has 154 valence electrons. The van der Waals surface area contributed by atoms with Crippen molar-refractivity contribution in [2.24, 2.45) is 5.41 Å². The molecule has 30 heavy (non-hydrogen) atoms. The van der Waals surface area contributed by atoms with Gasteiger partial charge in [-0.05, 0) is 85.7 Å². The maximum Gasteiger partial charge on any atom is 0.123 e. The lowest BCUT2D eigenvalue weighted by atomic mass is 9.65. The second-order valence-electron chi connectivity index (χ2n) is 8.78. The molecule has 0 bridgehead atoms. The third-order valence-electron chi connectivity index (χ3n) is 7.07. The number of fused-ring (bicyclic) bond motifs is 2. The predicted octanol–water partition coefficient (Wildman–Crippen LogP) is 5.77. The minimum absolute atomic E-state index is 0.258. The van der Waals surface area contributed by atoms with Crippen LogP contribution in [0.25, 0.3) is 11.8 Å². The maximum absolute atomic E-state index is 13.3. The van der Waals surface area contributed by atoms with Gasteiger partial charge in [0.15, 0.2) is 0 Å². The maximum atomic E-state index is 13.3. The summed E-state index contributed by atoms with van der Waals surface area (Å²) in [7, 11) is 0. The van der Waals surface area contributed by atoms with Gasteiger partial charge in [0.25, 0.3) is 0 Å². The van der Waals surface area contributed by atoms with E-state index in [2.05, 4.69) is 24.2 Å². The molecule has 0 aliphatic heterocycles. The Morgan fingerprint density at radius 1 is 1.20 bits per heavy atom. The lowest BCUT2D eigenvalue weighted by molar-refractivity contribution is -0.0461. The van der Waals surface area contributed by atoms with E-state index in [1.807, 2.05) is 29.1 Å². The van der Waals surface area contributed by atoms with Crippen LogP contribution < -0.4 is 0 Å². The van der Waals surface area contributed by atoms with E-state index in [-0.39, 0.29) is 11.2 Å². The highest BCUT2D eigenvalue weighted by Crippen LogP contribution is 2.56. The SMILES string of the molecule is CC12Cc3cnn(-c4ccc(F)cc4)c3C=C1CCC2(O)CCc1cccc(Cl)c1. The second-order valence-corrected chi connectivity index (χ2v) is 9.22. The summed E-state index contributed by atoms with van der Waals surface area (Å²) in [5, 5.41) is 17.0. The summed E-state index contributed by atoms with van der Waals surface area (Å²) in [6.07, 6.45) is 7.94. The monoisotopic (exact) mass is 422 g/mol. The average molecular weight is 423 g/mol. The molecule has 2 unspecified atom stereocenters. The minimum atomic E-state index is -0.767. The van der Waals surface area contributed by atoms with E-state index in [1.54, 1.807) is 12.1 Å². The molecule has 1 fully saturated rings. The Bertz CT molecular complexity index is 1140. The van der Waals surface area contributed by atoms with Crippen molar-refractivity contribution in [2.45, 2.75) is 44.6 Å². The lowest BCUT2D eigenvalue weighted by Crippen LogP contribution is -2.45. The summed E-state index contributed by atoms with van der Waals surface area (Å²) < 4.78 is 15.2. The predicted molar refractivity (Wildman–Crippen MR) is 117 cm³/mol. The van der Waals surface area contributed by atoms with Crippen LogP contribution in [-0.4, -0.2) is 20.5 Å². The molecule has 3 nitrogen and oxygen atoms in total. The highest BCUT2D eigenvalue weighted by molar-refractivity contribution is 6.30. The summed E-state index contributed by atoms with van der Waals surface area (Å²) >= 11 is 6.13. The third kappa shape index (κ3) is 3.10. The number of aliphatic hydroxyl groups is 1. The van der Waals surface area contributed by atoms with E-state index >= 15 is 0 Å². The molecule has 2 aliphatic rings. The van der Waals surface area contributed by atoms with Crippen LogP contribution in [0.4, 0.5) is 4.39 Å². The first-order valence-corrected chi connectivity index (χ1v) is 10.8. The normalized spacial score (nSPS) is 25.0. The van der Waals surface area contributed by atoms with E-state index in [0.717, 1.165) is 53.2 Å². The zero-order chi connectivity index (χ0) is 20.9. The Hall–Kier alpha value is -2.43. The lowest BCUT2D eigenvalue weighted by Gasteiger charge is -2.42. The average Bonchev–Trinajstić information content (AvgIpc) is 3.24. The molecule has 0 amide bonds. The van der Waals surface area contributed by atoms with Gasteiger partial charge in [0.1, 0.15) is 5.82 Å². The summed E-state index contributed by atoms with van der Waals surface area (Å²) in [5.74, 6) is -0.258. The molecule has 1 aromatic heterocycles. The number of hydrogen-bond donors (Lipinski definition) is 1. The Labute approximate surface area is 180 Å². The van der Waals surface area contributed by atoms with Gasteiger partial charge in [0, 0.05) is 10.4 Å². The summed E-state index contributed by atoms with van der Waals surface area (Å²) in [6, 6.07) is 14.3. The van der Waals surface area contributed by atoms with Crippen molar-refractivity contribution in [2.75, 3.05) is 0 Å². The standard InChI is InChI=1S/C25H24ClFN2O/c1-24-15-18-16-28-29(22-7-5-21(27)6-8-22)23(18)14-19(24)10-12-25(24,30)11-9-17-3-2-4-20(26)13-17/h2-8,13-14,16,30H,9-12,15H2,1H3. The summed E-state index contributed by atoms with van der Waals surface area (Å²) in [4.78, 5) is 0. The van der Waals surface area contributed by atoms with Gasteiger partial charge in [0.2, 0.25) is 0 Å². The van der Waals surface area contributed by atoms with Crippen LogP contribution >= 0.6 is 11.6 Å². The van der Waals surface area contributed by atoms with E-state index < -0.39 is 5.60 Å².